The smallest absolute Gasteiger partial charge is 0.230 e. The van der Waals surface area contributed by atoms with Crippen LogP contribution in [-0.4, -0.2) is 56.1 Å². The van der Waals surface area contributed by atoms with E-state index in [0.29, 0.717) is 44.5 Å². The maximum Gasteiger partial charge on any atom is 0.230 e. The van der Waals surface area contributed by atoms with Gasteiger partial charge in [0.1, 0.15) is 11.1 Å². The largest absolute Gasteiger partial charge is 0.395 e. The van der Waals surface area contributed by atoms with Gasteiger partial charge in [-0.05, 0) is 49.8 Å². The summed E-state index contributed by atoms with van der Waals surface area (Å²) in [7, 11) is -3.69. The van der Waals surface area contributed by atoms with Gasteiger partial charge in [-0.1, -0.05) is 42.5 Å². The van der Waals surface area contributed by atoms with Crippen LogP contribution in [0.15, 0.2) is 48.5 Å². The fraction of sp³-hybridized carbons (Fsp3) is 0.500. The molecule has 0 bridgehead atoms. The molecule has 2 aromatic rings. The molecule has 2 fully saturated rings. The van der Waals surface area contributed by atoms with Crippen molar-refractivity contribution in [3.63, 3.8) is 0 Å². The number of nitrogens with one attached hydrogen (secondary N) is 1. The van der Waals surface area contributed by atoms with Crippen LogP contribution in [0.3, 0.4) is 0 Å². The Morgan fingerprint density at radius 3 is 2.54 bits per heavy atom. The van der Waals surface area contributed by atoms with Crippen molar-refractivity contribution in [2.24, 2.45) is 0 Å². The third-order valence-electron chi connectivity index (χ3n) is 7.31. The molecule has 2 aromatic carbocycles. The second-order valence-corrected chi connectivity index (χ2v) is 11.5. The molecule has 2 atom stereocenters. The minimum Gasteiger partial charge on any atom is -0.395 e. The number of hydrogen-bond donors (Lipinski definition) is 2. The van der Waals surface area contributed by atoms with E-state index < -0.39 is 26.5 Å². The monoisotopic (exact) mass is 504 g/mol. The van der Waals surface area contributed by atoms with Gasteiger partial charge in [0.15, 0.2) is 0 Å². The summed E-state index contributed by atoms with van der Waals surface area (Å²) in [6.45, 7) is 2.48. The molecule has 2 saturated heterocycles. The van der Waals surface area contributed by atoms with Gasteiger partial charge in [0.2, 0.25) is 15.9 Å². The molecule has 0 aromatic heterocycles. The number of amides is 1. The second kappa shape index (κ2) is 10.7. The van der Waals surface area contributed by atoms with Crippen molar-refractivity contribution in [2.75, 3.05) is 26.4 Å². The highest BCUT2D eigenvalue weighted by molar-refractivity contribution is 7.89. The number of hydrogen-bond acceptors (Lipinski definition) is 5. The number of aliphatic hydroxyl groups excluding tert-OH is 1. The van der Waals surface area contributed by atoms with Crippen LogP contribution in [0.5, 0.6) is 0 Å². The number of nitrogens with zero attached hydrogens (tertiary/aromatic N) is 1. The van der Waals surface area contributed by atoms with E-state index in [9.17, 15) is 13.2 Å². The van der Waals surface area contributed by atoms with Crippen LogP contribution in [0.1, 0.15) is 54.5 Å². The molecule has 1 amide bonds. The van der Waals surface area contributed by atoms with Gasteiger partial charge < -0.3 is 15.2 Å². The number of ether oxygens (including phenoxy) is 1. The first-order valence-electron chi connectivity index (χ1n) is 12.1. The van der Waals surface area contributed by atoms with E-state index >= 15 is 4.39 Å². The average Bonchev–Trinajstić information content (AvgIpc) is 2.86. The van der Waals surface area contributed by atoms with Gasteiger partial charge in [-0.2, -0.15) is 4.31 Å². The summed E-state index contributed by atoms with van der Waals surface area (Å²) in [5.74, 6) is -0.799. The van der Waals surface area contributed by atoms with E-state index in [0.717, 1.165) is 5.56 Å². The zero-order valence-electron chi connectivity index (χ0n) is 20.0. The van der Waals surface area contributed by atoms with Gasteiger partial charge in [0, 0.05) is 37.9 Å². The minimum absolute atomic E-state index is 0.0637. The highest BCUT2D eigenvalue weighted by Gasteiger charge is 2.43. The van der Waals surface area contributed by atoms with Gasteiger partial charge >= 0.3 is 0 Å². The molecule has 2 heterocycles. The van der Waals surface area contributed by atoms with Crippen LogP contribution < -0.4 is 5.32 Å². The van der Waals surface area contributed by atoms with E-state index in [1.54, 1.807) is 12.1 Å². The van der Waals surface area contributed by atoms with Crippen molar-refractivity contribution in [3.8, 4) is 0 Å². The van der Waals surface area contributed by atoms with Crippen LogP contribution in [0.4, 0.5) is 4.39 Å². The Bertz CT molecular complexity index is 1140. The van der Waals surface area contributed by atoms with E-state index in [1.165, 1.54) is 10.4 Å². The lowest BCUT2D eigenvalue weighted by molar-refractivity contribution is -0.130. The van der Waals surface area contributed by atoms with Crippen molar-refractivity contribution in [1.82, 2.24) is 9.62 Å². The lowest BCUT2D eigenvalue weighted by Gasteiger charge is -2.38. The van der Waals surface area contributed by atoms with Gasteiger partial charge in [-0.25, -0.2) is 12.8 Å². The lowest BCUT2D eigenvalue weighted by atomic mass is 9.73. The number of carbonyl (C=O) groups excluding carboxylic acids is 1. The summed E-state index contributed by atoms with van der Waals surface area (Å²) in [5.41, 5.74) is 0.607. The molecule has 0 unspecified atom stereocenters. The molecule has 0 aliphatic carbocycles. The summed E-state index contributed by atoms with van der Waals surface area (Å²) in [5, 5.41) is 11.2. The standard InChI is InChI=1S/C26H33FN2O5S/c1-19-7-10-24(20-5-3-2-4-6-20)35(32,33)29(19)18-21-8-9-22(17-23(21)27)26(11-15-34-16-12-26)25(31)28-13-14-30/h2-6,8-9,17,19,24,30H,7,10-16,18H2,1H3,(H,28,31)/t19-,24-/m0/s1. The molecule has 0 saturated carbocycles. The first-order chi connectivity index (χ1) is 16.8. The normalized spacial score (nSPS) is 24.1. The van der Waals surface area contributed by atoms with Gasteiger partial charge in [0.05, 0.1) is 12.0 Å². The summed E-state index contributed by atoms with van der Waals surface area (Å²) >= 11 is 0. The highest BCUT2D eigenvalue weighted by atomic mass is 32.2. The maximum absolute atomic E-state index is 15.4. The van der Waals surface area contributed by atoms with Crippen LogP contribution in [0.25, 0.3) is 0 Å². The quantitative estimate of drug-likeness (QED) is 0.604. The number of benzene rings is 2. The lowest BCUT2D eigenvalue weighted by Crippen LogP contribution is -2.48. The fourth-order valence-corrected chi connectivity index (χ4v) is 7.39. The summed E-state index contributed by atoms with van der Waals surface area (Å²) in [6, 6.07) is 13.6. The van der Waals surface area contributed by atoms with Crippen LogP contribution in [0.2, 0.25) is 0 Å². The average molecular weight is 505 g/mol. The summed E-state index contributed by atoms with van der Waals surface area (Å²) in [4.78, 5) is 13.0. The van der Waals surface area contributed by atoms with Crippen LogP contribution >= 0.6 is 0 Å². The van der Waals surface area contributed by atoms with Gasteiger partial charge in [-0.3, -0.25) is 4.79 Å². The van der Waals surface area contributed by atoms with Crippen LogP contribution in [-0.2, 0) is 31.5 Å². The molecule has 0 spiro atoms. The molecule has 9 heteroatoms. The third kappa shape index (κ3) is 5.14. The van der Waals surface area contributed by atoms with E-state index in [4.69, 9.17) is 9.84 Å². The molecule has 2 aliphatic rings. The Labute approximate surface area is 206 Å². The van der Waals surface area contributed by atoms with E-state index in [-0.39, 0.29) is 37.2 Å². The molecule has 35 heavy (non-hydrogen) atoms. The number of halogens is 1. The van der Waals surface area contributed by atoms with E-state index in [2.05, 4.69) is 5.32 Å². The molecule has 2 N–H and O–H groups in total. The molecule has 4 rings (SSSR count). The SMILES string of the molecule is C[C@H]1CC[C@@H](c2ccccc2)S(=O)(=O)N1Cc1ccc(C2(C(=O)NCCO)CCOCC2)cc1F. The first kappa shape index (κ1) is 25.8. The Balaban J connectivity index is 1.61. The minimum atomic E-state index is -3.69. The summed E-state index contributed by atoms with van der Waals surface area (Å²) < 4.78 is 49.3. The number of carbonyl (C=O) groups is 1. The predicted octanol–water partition coefficient (Wildman–Crippen LogP) is 3.04. The van der Waals surface area contributed by atoms with Crippen molar-refractivity contribution in [2.45, 2.75) is 55.9 Å². The Morgan fingerprint density at radius 1 is 1.17 bits per heavy atom. The number of sulfonamides is 1. The molecule has 0 radical (unpaired) electrons. The Kier molecular flexibility index (Phi) is 7.90. The molecular formula is C26H33FN2O5S. The van der Waals surface area contributed by atoms with Crippen molar-refractivity contribution < 1.29 is 27.4 Å². The maximum atomic E-state index is 15.4. The zero-order valence-corrected chi connectivity index (χ0v) is 20.8. The summed E-state index contributed by atoms with van der Waals surface area (Å²) in [6.07, 6.45) is 2.02. The Morgan fingerprint density at radius 2 is 1.89 bits per heavy atom. The second-order valence-electron chi connectivity index (χ2n) is 9.40. The third-order valence-corrected chi connectivity index (χ3v) is 9.68. The van der Waals surface area contributed by atoms with Gasteiger partial charge in [0.25, 0.3) is 0 Å². The van der Waals surface area contributed by atoms with Crippen molar-refractivity contribution in [1.29, 1.82) is 0 Å². The predicted molar refractivity (Wildman–Crippen MR) is 131 cm³/mol. The number of aliphatic hydroxyl groups is 1. The van der Waals surface area contributed by atoms with Crippen LogP contribution in [0, 0.1) is 5.82 Å². The highest BCUT2D eigenvalue weighted by Crippen LogP contribution is 2.39. The molecular weight excluding hydrogens is 471 g/mol. The van der Waals surface area contributed by atoms with Crippen molar-refractivity contribution in [3.05, 3.63) is 71.0 Å². The number of rotatable bonds is 7. The topological polar surface area (TPSA) is 95.9 Å². The fourth-order valence-electron chi connectivity index (χ4n) is 5.20. The molecule has 2 aliphatic heterocycles. The molecule has 7 nitrogen and oxygen atoms in total. The first-order valence-corrected chi connectivity index (χ1v) is 13.6. The van der Waals surface area contributed by atoms with Crippen molar-refractivity contribution >= 4 is 15.9 Å². The Hall–Kier alpha value is -2.33. The van der Waals surface area contributed by atoms with Gasteiger partial charge in [-0.15, -0.1) is 0 Å². The molecule has 190 valence electrons. The zero-order chi connectivity index (χ0) is 25.1. The van der Waals surface area contributed by atoms with E-state index in [1.807, 2.05) is 37.3 Å².